The summed E-state index contributed by atoms with van der Waals surface area (Å²) in [6, 6.07) is 8.97. The molecule has 0 amide bonds. The standard InChI is InChI=1S/C22H36N4O.HI/c1-18-7-10-26(11-8-18)16-20-6-4-5-19(13-20)14-24-22(23-2)25(3)15-21-9-12-27-17-21;/h4-6,13,18,21H,7-12,14-17H2,1-3H3,(H,23,24);1H. The second-order valence-corrected chi connectivity index (χ2v) is 8.29. The third-order valence-corrected chi connectivity index (χ3v) is 5.85. The van der Waals surface area contributed by atoms with Gasteiger partial charge in [0.25, 0.3) is 0 Å². The maximum Gasteiger partial charge on any atom is 0.193 e. The predicted molar refractivity (Wildman–Crippen MR) is 127 cm³/mol. The molecule has 2 aliphatic rings. The Bertz CT molecular complexity index is 610. The lowest BCUT2D eigenvalue weighted by atomic mass is 9.98. The molecule has 2 fully saturated rings. The maximum absolute atomic E-state index is 5.49. The number of hydrogen-bond acceptors (Lipinski definition) is 3. The average molecular weight is 500 g/mol. The van der Waals surface area contributed by atoms with E-state index in [1.54, 1.807) is 0 Å². The van der Waals surface area contributed by atoms with Crippen molar-refractivity contribution < 1.29 is 4.74 Å². The molecule has 1 N–H and O–H groups in total. The Kier molecular flexibility index (Phi) is 10.0. The molecule has 1 unspecified atom stereocenters. The van der Waals surface area contributed by atoms with Gasteiger partial charge in [0, 0.05) is 46.3 Å². The number of nitrogens with one attached hydrogen (secondary N) is 1. The number of hydrogen-bond donors (Lipinski definition) is 1. The van der Waals surface area contributed by atoms with E-state index in [4.69, 9.17) is 4.74 Å². The van der Waals surface area contributed by atoms with Crippen LogP contribution >= 0.6 is 24.0 Å². The van der Waals surface area contributed by atoms with E-state index >= 15 is 0 Å². The summed E-state index contributed by atoms with van der Waals surface area (Å²) in [6.45, 7) is 9.46. The zero-order chi connectivity index (χ0) is 19.1. The molecule has 1 aromatic carbocycles. The monoisotopic (exact) mass is 500 g/mol. The number of rotatable bonds is 6. The summed E-state index contributed by atoms with van der Waals surface area (Å²) in [5, 5.41) is 3.52. The summed E-state index contributed by atoms with van der Waals surface area (Å²) < 4.78 is 5.49. The van der Waals surface area contributed by atoms with Crippen molar-refractivity contribution in [1.29, 1.82) is 0 Å². The molecule has 1 atom stereocenters. The Balaban J connectivity index is 0.00000280. The number of halogens is 1. The van der Waals surface area contributed by atoms with Gasteiger partial charge in [-0.05, 0) is 49.4 Å². The molecule has 2 heterocycles. The number of likely N-dealkylation sites (tertiary alicyclic amines) is 1. The zero-order valence-corrected chi connectivity index (χ0v) is 20.0. The normalized spacial score (nSPS) is 21.4. The van der Waals surface area contributed by atoms with Crippen molar-refractivity contribution in [3.63, 3.8) is 0 Å². The lowest BCUT2D eigenvalue weighted by Gasteiger charge is -2.30. The fraction of sp³-hybridized carbons (Fsp3) is 0.682. The van der Waals surface area contributed by atoms with Gasteiger partial charge in [-0.1, -0.05) is 31.2 Å². The van der Waals surface area contributed by atoms with Gasteiger partial charge in [-0.3, -0.25) is 9.89 Å². The lowest BCUT2D eigenvalue weighted by molar-refractivity contribution is 0.181. The molecule has 0 spiro atoms. The van der Waals surface area contributed by atoms with Crippen LogP contribution in [0.4, 0.5) is 0 Å². The van der Waals surface area contributed by atoms with Gasteiger partial charge >= 0.3 is 0 Å². The van der Waals surface area contributed by atoms with Crippen molar-refractivity contribution in [2.45, 2.75) is 39.3 Å². The topological polar surface area (TPSA) is 40.1 Å². The third-order valence-electron chi connectivity index (χ3n) is 5.85. The molecule has 28 heavy (non-hydrogen) atoms. The molecule has 2 saturated heterocycles. The quantitative estimate of drug-likeness (QED) is 0.369. The van der Waals surface area contributed by atoms with E-state index in [9.17, 15) is 0 Å². The van der Waals surface area contributed by atoms with Crippen molar-refractivity contribution in [2.75, 3.05) is 46.9 Å². The highest BCUT2D eigenvalue weighted by Gasteiger charge is 2.19. The zero-order valence-electron chi connectivity index (χ0n) is 17.7. The van der Waals surface area contributed by atoms with Crippen molar-refractivity contribution in [2.24, 2.45) is 16.8 Å². The molecule has 0 aromatic heterocycles. The molecule has 0 bridgehead atoms. The van der Waals surface area contributed by atoms with Crippen LogP contribution in [-0.4, -0.2) is 62.7 Å². The minimum atomic E-state index is 0. The Morgan fingerprint density at radius 3 is 2.68 bits per heavy atom. The third kappa shape index (κ3) is 7.19. The average Bonchev–Trinajstić information content (AvgIpc) is 3.17. The van der Waals surface area contributed by atoms with Crippen molar-refractivity contribution in [1.82, 2.24) is 15.1 Å². The van der Waals surface area contributed by atoms with E-state index in [0.717, 1.165) is 51.1 Å². The molecule has 0 radical (unpaired) electrons. The number of piperidine rings is 1. The van der Waals surface area contributed by atoms with E-state index < -0.39 is 0 Å². The Hall–Kier alpha value is -0.860. The number of ether oxygens (including phenoxy) is 1. The first-order chi connectivity index (χ1) is 13.1. The number of guanidine groups is 1. The largest absolute Gasteiger partial charge is 0.381 e. The van der Waals surface area contributed by atoms with Gasteiger partial charge < -0.3 is 15.0 Å². The molecule has 158 valence electrons. The van der Waals surface area contributed by atoms with Crippen LogP contribution in [0, 0.1) is 11.8 Å². The summed E-state index contributed by atoms with van der Waals surface area (Å²) >= 11 is 0. The summed E-state index contributed by atoms with van der Waals surface area (Å²) in [5.74, 6) is 2.46. The van der Waals surface area contributed by atoms with Crippen LogP contribution in [0.5, 0.6) is 0 Å². The predicted octanol–water partition coefficient (Wildman–Crippen LogP) is 3.58. The van der Waals surface area contributed by atoms with E-state index in [2.05, 4.69) is 58.3 Å². The van der Waals surface area contributed by atoms with E-state index in [1.807, 2.05) is 7.05 Å². The first-order valence-electron chi connectivity index (χ1n) is 10.4. The fourth-order valence-corrected chi connectivity index (χ4v) is 4.08. The molecule has 2 aliphatic heterocycles. The molecular formula is C22H37IN4O. The lowest BCUT2D eigenvalue weighted by Crippen LogP contribution is -2.41. The summed E-state index contributed by atoms with van der Waals surface area (Å²) in [5.41, 5.74) is 2.73. The van der Waals surface area contributed by atoms with E-state index in [0.29, 0.717) is 5.92 Å². The fourth-order valence-electron chi connectivity index (χ4n) is 4.08. The Labute approximate surface area is 187 Å². The number of nitrogens with zero attached hydrogens (tertiary/aromatic N) is 3. The SMILES string of the molecule is CN=C(NCc1cccc(CN2CCC(C)CC2)c1)N(C)CC1CCOC1.I. The van der Waals surface area contributed by atoms with E-state index in [1.165, 1.54) is 37.1 Å². The van der Waals surface area contributed by atoms with Gasteiger partial charge in [-0.25, -0.2) is 0 Å². The molecular weight excluding hydrogens is 463 g/mol. The van der Waals surface area contributed by atoms with Crippen molar-refractivity contribution >= 4 is 29.9 Å². The molecule has 0 aliphatic carbocycles. The highest BCUT2D eigenvalue weighted by atomic mass is 127. The van der Waals surface area contributed by atoms with Gasteiger partial charge in [0.15, 0.2) is 5.96 Å². The highest BCUT2D eigenvalue weighted by molar-refractivity contribution is 14.0. The molecule has 0 saturated carbocycles. The van der Waals surface area contributed by atoms with Crippen LogP contribution in [-0.2, 0) is 17.8 Å². The highest BCUT2D eigenvalue weighted by Crippen LogP contribution is 2.18. The maximum atomic E-state index is 5.49. The van der Waals surface area contributed by atoms with Crippen LogP contribution in [0.2, 0.25) is 0 Å². The molecule has 3 rings (SSSR count). The van der Waals surface area contributed by atoms with Crippen LogP contribution in [0.1, 0.15) is 37.3 Å². The minimum Gasteiger partial charge on any atom is -0.381 e. The molecule has 1 aromatic rings. The van der Waals surface area contributed by atoms with Crippen LogP contribution in [0.3, 0.4) is 0 Å². The number of benzene rings is 1. The summed E-state index contributed by atoms with van der Waals surface area (Å²) in [4.78, 5) is 9.26. The minimum absolute atomic E-state index is 0. The van der Waals surface area contributed by atoms with Crippen LogP contribution < -0.4 is 5.32 Å². The van der Waals surface area contributed by atoms with Crippen LogP contribution in [0.15, 0.2) is 29.3 Å². The first kappa shape index (κ1) is 23.4. The Morgan fingerprint density at radius 1 is 1.25 bits per heavy atom. The molecule has 5 nitrogen and oxygen atoms in total. The second kappa shape index (κ2) is 12.0. The Morgan fingerprint density at radius 2 is 2.00 bits per heavy atom. The first-order valence-corrected chi connectivity index (χ1v) is 10.4. The van der Waals surface area contributed by atoms with Gasteiger partial charge in [-0.2, -0.15) is 0 Å². The summed E-state index contributed by atoms with van der Waals surface area (Å²) in [7, 11) is 3.97. The van der Waals surface area contributed by atoms with Crippen molar-refractivity contribution in [3.8, 4) is 0 Å². The summed E-state index contributed by atoms with van der Waals surface area (Å²) in [6.07, 6.45) is 3.81. The van der Waals surface area contributed by atoms with Gasteiger partial charge in [0.2, 0.25) is 0 Å². The van der Waals surface area contributed by atoms with Crippen molar-refractivity contribution in [3.05, 3.63) is 35.4 Å². The number of aliphatic imine (C=N–C) groups is 1. The van der Waals surface area contributed by atoms with E-state index in [-0.39, 0.29) is 24.0 Å². The second-order valence-electron chi connectivity index (χ2n) is 8.29. The van der Waals surface area contributed by atoms with Crippen LogP contribution in [0.25, 0.3) is 0 Å². The smallest absolute Gasteiger partial charge is 0.193 e. The molecule has 6 heteroatoms. The van der Waals surface area contributed by atoms with Gasteiger partial charge in [0.1, 0.15) is 0 Å². The van der Waals surface area contributed by atoms with Gasteiger partial charge in [0.05, 0.1) is 6.61 Å². The van der Waals surface area contributed by atoms with Gasteiger partial charge in [-0.15, -0.1) is 24.0 Å².